The molecule has 1 heterocycles. The van der Waals surface area contributed by atoms with Gasteiger partial charge in [0.2, 0.25) is 5.91 Å². The molecule has 112 valence electrons. The quantitative estimate of drug-likeness (QED) is 0.852. The highest BCUT2D eigenvalue weighted by Crippen LogP contribution is 2.21. The van der Waals surface area contributed by atoms with Crippen LogP contribution in [0.5, 0.6) is 0 Å². The van der Waals surface area contributed by atoms with E-state index in [0.29, 0.717) is 12.0 Å². The lowest BCUT2D eigenvalue weighted by atomic mass is 10.2. The topological polar surface area (TPSA) is 61.4 Å². The van der Waals surface area contributed by atoms with Crippen LogP contribution in [0.25, 0.3) is 0 Å². The summed E-state index contributed by atoms with van der Waals surface area (Å²) in [7, 11) is 0. The van der Waals surface area contributed by atoms with E-state index < -0.39 is 0 Å². The minimum atomic E-state index is -0.219. The van der Waals surface area contributed by atoms with Crippen LogP contribution in [0.3, 0.4) is 0 Å². The third kappa shape index (κ3) is 3.09. The molecular weight excluding hydrogens is 278 g/mol. The number of benzene rings is 2. The van der Waals surface area contributed by atoms with Crippen LogP contribution in [0.2, 0.25) is 0 Å². The Morgan fingerprint density at radius 1 is 1.00 bits per heavy atom. The van der Waals surface area contributed by atoms with Crippen molar-refractivity contribution >= 4 is 23.2 Å². The first-order valence-corrected chi connectivity index (χ1v) is 7.26. The lowest BCUT2D eigenvalue weighted by Crippen LogP contribution is -2.29. The number of nitrogens with zero attached hydrogens (tertiary/aromatic N) is 1. The van der Waals surface area contributed by atoms with E-state index in [0.717, 1.165) is 24.3 Å². The van der Waals surface area contributed by atoms with Gasteiger partial charge in [-0.15, -0.1) is 0 Å². The highest BCUT2D eigenvalue weighted by molar-refractivity contribution is 5.97. The Hall–Kier alpha value is -2.82. The van der Waals surface area contributed by atoms with Crippen molar-refractivity contribution in [3.8, 4) is 0 Å². The van der Waals surface area contributed by atoms with Crippen LogP contribution >= 0.6 is 0 Å². The fourth-order valence-corrected chi connectivity index (χ4v) is 2.44. The Morgan fingerprint density at radius 3 is 2.36 bits per heavy atom. The van der Waals surface area contributed by atoms with Gasteiger partial charge in [-0.2, -0.15) is 0 Å². The molecule has 0 aliphatic carbocycles. The smallest absolute Gasteiger partial charge is 0.269 e. The van der Waals surface area contributed by atoms with E-state index in [1.54, 1.807) is 29.2 Å². The zero-order valence-electron chi connectivity index (χ0n) is 12.1. The predicted molar refractivity (Wildman–Crippen MR) is 85.6 cm³/mol. The molecule has 2 aromatic carbocycles. The Bertz CT molecular complexity index is 668. The summed E-state index contributed by atoms with van der Waals surface area (Å²) in [5, 5.41) is 0. The number of nitrogens with one attached hydrogen (secondary N) is 2. The molecule has 5 nitrogen and oxygen atoms in total. The van der Waals surface area contributed by atoms with E-state index >= 15 is 0 Å². The summed E-state index contributed by atoms with van der Waals surface area (Å²) in [5.41, 5.74) is 7.70. The van der Waals surface area contributed by atoms with Crippen molar-refractivity contribution in [2.45, 2.75) is 12.8 Å². The van der Waals surface area contributed by atoms with Gasteiger partial charge in [-0.1, -0.05) is 18.2 Å². The molecule has 1 aliphatic rings. The fourth-order valence-electron chi connectivity index (χ4n) is 2.44. The molecule has 0 aromatic heterocycles. The molecule has 1 saturated heterocycles. The molecule has 2 N–H and O–H groups in total. The van der Waals surface area contributed by atoms with Crippen LogP contribution in [-0.4, -0.2) is 18.4 Å². The minimum absolute atomic E-state index is 0.142. The van der Waals surface area contributed by atoms with Gasteiger partial charge in [-0.05, 0) is 42.8 Å². The number of hydrogen-bond acceptors (Lipinski definition) is 3. The van der Waals surface area contributed by atoms with Gasteiger partial charge in [0.15, 0.2) is 0 Å². The maximum Gasteiger partial charge on any atom is 0.269 e. The first-order valence-electron chi connectivity index (χ1n) is 7.26. The highest BCUT2D eigenvalue weighted by atomic mass is 16.2. The van der Waals surface area contributed by atoms with Gasteiger partial charge in [0, 0.05) is 24.2 Å². The number of amides is 2. The summed E-state index contributed by atoms with van der Waals surface area (Å²) >= 11 is 0. The molecule has 22 heavy (non-hydrogen) atoms. The van der Waals surface area contributed by atoms with Gasteiger partial charge in [-0.3, -0.25) is 20.4 Å². The Balaban J connectivity index is 1.62. The maximum atomic E-state index is 12.1. The van der Waals surface area contributed by atoms with Crippen molar-refractivity contribution in [2.24, 2.45) is 0 Å². The average molecular weight is 295 g/mol. The number of carbonyl (C=O) groups excluding carboxylic acids is 2. The molecule has 0 saturated carbocycles. The fraction of sp³-hybridized carbons (Fsp3) is 0.176. The molecule has 0 unspecified atom stereocenters. The van der Waals surface area contributed by atoms with Gasteiger partial charge in [0.1, 0.15) is 0 Å². The molecule has 0 radical (unpaired) electrons. The Kier molecular flexibility index (Phi) is 4.05. The molecule has 2 amide bonds. The van der Waals surface area contributed by atoms with Crippen molar-refractivity contribution in [1.82, 2.24) is 5.43 Å². The molecule has 0 atom stereocenters. The zero-order chi connectivity index (χ0) is 15.4. The number of para-hydroxylation sites is 1. The van der Waals surface area contributed by atoms with E-state index in [2.05, 4.69) is 10.9 Å². The molecule has 5 heteroatoms. The standard InChI is InChI=1S/C17H17N3O2/c21-16-7-4-12-20(16)15-10-8-13(9-11-15)17(22)19-18-14-5-2-1-3-6-14/h1-3,5-6,8-11,18H,4,7,12H2,(H,19,22). The molecule has 1 fully saturated rings. The zero-order valence-corrected chi connectivity index (χ0v) is 12.1. The monoisotopic (exact) mass is 295 g/mol. The number of hydrazine groups is 1. The largest absolute Gasteiger partial charge is 0.312 e. The first kappa shape index (κ1) is 14.1. The first-order chi connectivity index (χ1) is 10.7. The van der Waals surface area contributed by atoms with E-state index in [-0.39, 0.29) is 11.8 Å². The third-order valence-corrected chi connectivity index (χ3v) is 3.61. The SMILES string of the molecule is O=C(NNc1ccccc1)c1ccc(N2CCCC2=O)cc1. The van der Waals surface area contributed by atoms with Crippen LogP contribution in [0.1, 0.15) is 23.2 Å². The van der Waals surface area contributed by atoms with E-state index in [1.807, 2.05) is 30.3 Å². The Labute approximate surface area is 128 Å². The molecule has 0 spiro atoms. The molecular formula is C17H17N3O2. The third-order valence-electron chi connectivity index (χ3n) is 3.61. The van der Waals surface area contributed by atoms with Crippen LogP contribution in [0.4, 0.5) is 11.4 Å². The number of carbonyl (C=O) groups is 2. The molecule has 1 aliphatic heterocycles. The van der Waals surface area contributed by atoms with Crippen LogP contribution in [0.15, 0.2) is 54.6 Å². The molecule has 3 rings (SSSR count). The number of anilines is 2. The van der Waals surface area contributed by atoms with E-state index in [1.165, 1.54) is 0 Å². The predicted octanol–water partition coefficient (Wildman–Crippen LogP) is 2.57. The summed E-state index contributed by atoms with van der Waals surface area (Å²) in [6.07, 6.45) is 1.49. The van der Waals surface area contributed by atoms with Crippen molar-refractivity contribution in [2.75, 3.05) is 16.9 Å². The Morgan fingerprint density at radius 2 is 1.73 bits per heavy atom. The van der Waals surface area contributed by atoms with Gasteiger partial charge < -0.3 is 4.90 Å². The summed E-state index contributed by atoms with van der Waals surface area (Å²) in [4.78, 5) is 25.5. The van der Waals surface area contributed by atoms with Crippen LogP contribution in [0, 0.1) is 0 Å². The molecule has 0 bridgehead atoms. The molecule has 2 aromatic rings. The summed E-state index contributed by atoms with van der Waals surface area (Å²) in [5.74, 6) is -0.0777. The maximum absolute atomic E-state index is 12.1. The normalized spacial score (nSPS) is 14.0. The van der Waals surface area contributed by atoms with E-state index in [9.17, 15) is 9.59 Å². The van der Waals surface area contributed by atoms with Crippen LogP contribution in [-0.2, 0) is 4.79 Å². The lowest BCUT2D eigenvalue weighted by Gasteiger charge is -2.16. The summed E-state index contributed by atoms with van der Waals surface area (Å²) in [6, 6.07) is 16.5. The lowest BCUT2D eigenvalue weighted by molar-refractivity contribution is -0.117. The van der Waals surface area contributed by atoms with Gasteiger partial charge >= 0.3 is 0 Å². The number of hydrogen-bond donors (Lipinski definition) is 2. The van der Waals surface area contributed by atoms with Crippen molar-refractivity contribution < 1.29 is 9.59 Å². The summed E-state index contributed by atoms with van der Waals surface area (Å²) < 4.78 is 0. The van der Waals surface area contributed by atoms with Gasteiger partial charge in [0.25, 0.3) is 5.91 Å². The van der Waals surface area contributed by atoms with Gasteiger partial charge in [-0.25, -0.2) is 0 Å². The second kappa shape index (κ2) is 6.30. The second-order valence-electron chi connectivity index (χ2n) is 5.14. The average Bonchev–Trinajstić information content (AvgIpc) is 3.00. The second-order valence-corrected chi connectivity index (χ2v) is 5.14. The highest BCUT2D eigenvalue weighted by Gasteiger charge is 2.21. The number of rotatable bonds is 4. The summed E-state index contributed by atoms with van der Waals surface area (Å²) in [6.45, 7) is 0.750. The van der Waals surface area contributed by atoms with Crippen LogP contribution < -0.4 is 15.8 Å². The van der Waals surface area contributed by atoms with Crippen molar-refractivity contribution in [3.63, 3.8) is 0 Å². The van der Waals surface area contributed by atoms with E-state index in [4.69, 9.17) is 0 Å². The van der Waals surface area contributed by atoms with Crippen molar-refractivity contribution in [3.05, 3.63) is 60.2 Å². The van der Waals surface area contributed by atoms with Crippen molar-refractivity contribution in [1.29, 1.82) is 0 Å². The minimum Gasteiger partial charge on any atom is -0.312 e. The van der Waals surface area contributed by atoms with Gasteiger partial charge in [0.05, 0.1) is 5.69 Å².